The largest absolute Gasteiger partial charge is 0.494 e. The molecule has 0 saturated heterocycles. The van der Waals surface area contributed by atoms with Gasteiger partial charge in [0.25, 0.3) is 5.91 Å². The maximum absolute atomic E-state index is 13.8. The third kappa shape index (κ3) is 4.50. The predicted molar refractivity (Wildman–Crippen MR) is 145 cm³/mol. The summed E-state index contributed by atoms with van der Waals surface area (Å²) in [6, 6.07) is 13.3. The SMILES string of the molecule is C=CCOC(=O)c1sc(N2C(=O)c3oc4ccccc4c(=O)c3[C@H]2c2ccc(OCCCC)cc2)nc1C. The van der Waals surface area contributed by atoms with Gasteiger partial charge >= 0.3 is 5.97 Å². The molecule has 5 rings (SSSR count). The number of fused-ring (bicyclic) bond motifs is 2. The van der Waals surface area contributed by atoms with E-state index in [1.807, 2.05) is 24.3 Å². The van der Waals surface area contributed by atoms with Gasteiger partial charge in [-0.25, -0.2) is 9.78 Å². The van der Waals surface area contributed by atoms with Crippen LogP contribution in [-0.2, 0) is 4.74 Å². The highest BCUT2D eigenvalue weighted by molar-refractivity contribution is 7.17. The molecule has 0 aliphatic carbocycles. The Balaban J connectivity index is 1.63. The molecule has 2 aromatic heterocycles. The van der Waals surface area contributed by atoms with Crippen molar-refractivity contribution >= 4 is 39.3 Å². The van der Waals surface area contributed by atoms with Crippen molar-refractivity contribution in [3.63, 3.8) is 0 Å². The van der Waals surface area contributed by atoms with Gasteiger partial charge < -0.3 is 13.9 Å². The lowest BCUT2D eigenvalue weighted by molar-refractivity contribution is 0.0554. The van der Waals surface area contributed by atoms with Gasteiger partial charge in [0.2, 0.25) is 5.76 Å². The molecular weight excluding hydrogens is 504 g/mol. The third-order valence-corrected chi connectivity index (χ3v) is 7.39. The highest BCUT2D eigenvalue weighted by Crippen LogP contribution is 2.43. The molecule has 4 aromatic rings. The van der Waals surface area contributed by atoms with Crippen molar-refractivity contribution in [3.8, 4) is 5.75 Å². The van der Waals surface area contributed by atoms with Crippen LogP contribution in [-0.4, -0.2) is 30.1 Å². The minimum Gasteiger partial charge on any atom is -0.494 e. The first-order chi connectivity index (χ1) is 18.4. The number of carbonyl (C=O) groups is 2. The second-order valence-corrected chi connectivity index (χ2v) is 9.79. The lowest BCUT2D eigenvalue weighted by Gasteiger charge is -2.22. The molecule has 0 unspecified atom stereocenters. The Hall–Kier alpha value is -4.24. The third-order valence-electron chi connectivity index (χ3n) is 6.25. The van der Waals surface area contributed by atoms with Crippen LogP contribution < -0.4 is 15.1 Å². The molecular formula is C29H26N2O6S. The van der Waals surface area contributed by atoms with Crippen LogP contribution in [0.1, 0.15) is 62.9 Å². The van der Waals surface area contributed by atoms with Gasteiger partial charge in [0.05, 0.1) is 29.3 Å². The first kappa shape index (κ1) is 25.4. The maximum Gasteiger partial charge on any atom is 0.350 e. The topological polar surface area (TPSA) is 98.9 Å². The van der Waals surface area contributed by atoms with Crippen LogP contribution in [0, 0.1) is 6.92 Å². The van der Waals surface area contributed by atoms with Crippen molar-refractivity contribution < 1.29 is 23.5 Å². The molecule has 0 spiro atoms. The molecule has 1 aliphatic heterocycles. The number of esters is 1. The number of unbranched alkanes of at least 4 members (excludes halogenated alkanes) is 1. The maximum atomic E-state index is 13.8. The van der Waals surface area contributed by atoms with Gasteiger partial charge in [-0.1, -0.05) is 61.6 Å². The molecule has 1 amide bonds. The summed E-state index contributed by atoms with van der Waals surface area (Å²) in [6.45, 7) is 7.99. The number of anilines is 1. The second kappa shape index (κ2) is 10.6. The van der Waals surface area contributed by atoms with Crippen LogP contribution in [0.25, 0.3) is 11.0 Å². The van der Waals surface area contributed by atoms with Gasteiger partial charge in [-0.2, -0.15) is 0 Å². The fourth-order valence-electron chi connectivity index (χ4n) is 4.39. The molecule has 1 aliphatic rings. The lowest BCUT2D eigenvalue weighted by Crippen LogP contribution is -2.29. The number of nitrogens with zero attached hydrogens (tertiary/aromatic N) is 2. The van der Waals surface area contributed by atoms with E-state index in [0.717, 1.165) is 24.2 Å². The van der Waals surface area contributed by atoms with Crippen LogP contribution in [0.4, 0.5) is 5.13 Å². The number of carbonyl (C=O) groups excluding carboxylic acids is 2. The Labute approximate surface area is 223 Å². The molecule has 8 nitrogen and oxygen atoms in total. The Morgan fingerprint density at radius 2 is 1.95 bits per heavy atom. The molecule has 38 heavy (non-hydrogen) atoms. The van der Waals surface area contributed by atoms with E-state index in [0.29, 0.717) is 34.6 Å². The van der Waals surface area contributed by atoms with Gasteiger partial charge in [0, 0.05) is 0 Å². The Bertz CT molecular complexity index is 1590. The van der Waals surface area contributed by atoms with Gasteiger partial charge in [0.15, 0.2) is 10.6 Å². The number of rotatable bonds is 9. The summed E-state index contributed by atoms with van der Waals surface area (Å²) in [4.78, 5) is 46.3. The first-order valence-corrected chi connectivity index (χ1v) is 13.1. The first-order valence-electron chi connectivity index (χ1n) is 12.3. The molecule has 0 fully saturated rings. The molecule has 9 heteroatoms. The molecule has 194 valence electrons. The summed E-state index contributed by atoms with van der Waals surface area (Å²) in [5.74, 6) is -0.400. The van der Waals surface area contributed by atoms with Gasteiger partial charge in [-0.15, -0.1) is 0 Å². The zero-order valence-corrected chi connectivity index (χ0v) is 21.9. The molecule has 0 radical (unpaired) electrons. The van der Waals surface area contributed by atoms with Crippen molar-refractivity contribution in [2.45, 2.75) is 32.7 Å². The summed E-state index contributed by atoms with van der Waals surface area (Å²) in [7, 11) is 0. The quantitative estimate of drug-likeness (QED) is 0.153. The Morgan fingerprint density at radius 1 is 1.18 bits per heavy atom. The van der Waals surface area contributed by atoms with Gasteiger partial charge in [-0.3, -0.25) is 14.5 Å². The van der Waals surface area contributed by atoms with Crippen molar-refractivity contribution in [1.82, 2.24) is 4.98 Å². The van der Waals surface area contributed by atoms with Crippen LogP contribution in [0.3, 0.4) is 0 Å². The van der Waals surface area contributed by atoms with E-state index < -0.39 is 17.9 Å². The van der Waals surface area contributed by atoms with Gasteiger partial charge in [0.1, 0.15) is 22.8 Å². The summed E-state index contributed by atoms with van der Waals surface area (Å²) >= 11 is 1.03. The zero-order valence-electron chi connectivity index (χ0n) is 21.1. The number of amides is 1. The van der Waals surface area contributed by atoms with E-state index in [2.05, 4.69) is 18.5 Å². The van der Waals surface area contributed by atoms with E-state index >= 15 is 0 Å². The number of aryl methyl sites for hydroxylation is 1. The van der Waals surface area contributed by atoms with Crippen molar-refractivity contribution in [1.29, 1.82) is 0 Å². The van der Waals surface area contributed by atoms with E-state index in [-0.39, 0.29) is 33.4 Å². The van der Waals surface area contributed by atoms with Crippen LogP contribution in [0.5, 0.6) is 5.75 Å². The van der Waals surface area contributed by atoms with Crippen LogP contribution in [0.2, 0.25) is 0 Å². The lowest BCUT2D eigenvalue weighted by atomic mass is 9.98. The number of para-hydroxylation sites is 1. The Kier molecular flexibility index (Phi) is 7.11. The van der Waals surface area contributed by atoms with E-state index in [4.69, 9.17) is 13.9 Å². The van der Waals surface area contributed by atoms with Crippen molar-refractivity contribution in [2.24, 2.45) is 0 Å². The van der Waals surface area contributed by atoms with E-state index in [1.165, 1.54) is 11.0 Å². The predicted octanol–water partition coefficient (Wildman–Crippen LogP) is 5.83. The fraction of sp³-hybridized carbons (Fsp3) is 0.241. The molecule has 0 bridgehead atoms. The molecule has 0 saturated carbocycles. The standard InChI is InChI=1S/C29H26N2O6S/c1-4-6-16-35-19-13-11-18(12-14-19)23-22-24(32)20-9-7-8-10-21(20)37-25(22)27(33)31(23)29-30-17(3)26(38-29)28(34)36-15-5-2/h5,7-14,23H,2,4,6,15-16H2,1,3H3/t23-/m1/s1. The number of hydrogen-bond acceptors (Lipinski definition) is 8. The number of aromatic nitrogens is 1. The summed E-state index contributed by atoms with van der Waals surface area (Å²) < 4.78 is 17.0. The number of hydrogen-bond donors (Lipinski definition) is 0. The average Bonchev–Trinajstić information content (AvgIpc) is 3.45. The smallest absolute Gasteiger partial charge is 0.350 e. The van der Waals surface area contributed by atoms with E-state index in [1.54, 1.807) is 31.2 Å². The minimum atomic E-state index is -0.800. The monoisotopic (exact) mass is 530 g/mol. The number of benzene rings is 2. The molecule has 0 N–H and O–H groups in total. The summed E-state index contributed by atoms with van der Waals surface area (Å²) in [5.41, 5.74) is 1.38. The molecule has 3 heterocycles. The zero-order chi connectivity index (χ0) is 26.8. The van der Waals surface area contributed by atoms with Crippen molar-refractivity contribution in [2.75, 3.05) is 18.1 Å². The van der Waals surface area contributed by atoms with E-state index in [9.17, 15) is 14.4 Å². The summed E-state index contributed by atoms with van der Waals surface area (Å²) in [6.07, 6.45) is 3.44. The minimum absolute atomic E-state index is 0.0365. The molecule has 2 aromatic carbocycles. The van der Waals surface area contributed by atoms with Crippen molar-refractivity contribution in [3.05, 3.63) is 98.9 Å². The molecule has 1 atom stereocenters. The second-order valence-electron chi connectivity index (χ2n) is 8.82. The highest BCUT2D eigenvalue weighted by atomic mass is 32.1. The number of ether oxygens (including phenoxy) is 2. The van der Waals surface area contributed by atoms with Crippen LogP contribution >= 0.6 is 11.3 Å². The normalized spacial score (nSPS) is 14.5. The fourth-order valence-corrected chi connectivity index (χ4v) is 5.38. The van der Waals surface area contributed by atoms with Gasteiger partial charge in [-0.05, 0) is 43.2 Å². The number of thiazole rings is 1. The average molecular weight is 531 g/mol. The highest BCUT2D eigenvalue weighted by Gasteiger charge is 2.45. The Morgan fingerprint density at radius 3 is 2.68 bits per heavy atom. The van der Waals surface area contributed by atoms with Crippen LogP contribution in [0.15, 0.2) is 70.4 Å². The summed E-state index contributed by atoms with van der Waals surface area (Å²) in [5, 5.41) is 0.649.